The second-order valence-electron chi connectivity index (χ2n) is 4.40. The first-order valence-corrected chi connectivity index (χ1v) is 6.91. The van der Waals surface area contributed by atoms with Crippen LogP contribution in [0.4, 0.5) is 0 Å². The first-order chi connectivity index (χ1) is 8.15. The standard InChI is InChI=1S/C14H28O3/c1-5-8-9-10-13(15)12(4)11-14(16-6-2)17-7-3/h12,14H,5-11H2,1-4H3. The summed E-state index contributed by atoms with van der Waals surface area (Å²) in [5, 5.41) is 0. The molecule has 102 valence electrons. The quantitative estimate of drug-likeness (QED) is 0.412. The second kappa shape index (κ2) is 10.7. The van der Waals surface area contributed by atoms with Crippen molar-refractivity contribution in [3.63, 3.8) is 0 Å². The molecule has 0 radical (unpaired) electrons. The van der Waals surface area contributed by atoms with Crippen molar-refractivity contribution in [3.05, 3.63) is 0 Å². The van der Waals surface area contributed by atoms with Crippen molar-refractivity contribution in [3.8, 4) is 0 Å². The maximum absolute atomic E-state index is 11.9. The van der Waals surface area contributed by atoms with Crippen LogP contribution in [0.1, 0.15) is 59.8 Å². The van der Waals surface area contributed by atoms with Gasteiger partial charge in [0.25, 0.3) is 0 Å². The van der Waals surface area contributed by atoms with Crippen LogP contribution in [0, 0.1) is 5.92 Å². The van der Waals surface area contributed by atoms with E-state index in [1.165, 1.54) is 0 Å². The molecule has 0 spiro atoms. The van der Waals surface area contributed by atoms with E-state index in [0.717, 1.165) is 19.3 Å². The van der Waals surface area contributed by atoms with Gasteiger partial charge in [0.15, 0.2) is 6.29 Å². The summed E-state index contributed by atoms with van der Waals surface area (Å²) >= 11 is 0. The summed E-state index contributed by atoms with van der Waals surface area (Å²) in [6.07, 6.45) is 4.44. The van der Waals surface area contributed by atoms with E-state index >= 15 is 0 Å². The number of Topliss-reactive ketones (excluding diaryl/α,β-unsaturated/α-hetero) is 1. The lowest BCUT2D eigenvalue weighted by atomic mass is 9.97. The van der Waals surface area contributed by atoms with E-state index in [9.17, 15) is 4.79 Å². The van der Waals surface area contributed by atoms with Gasteiger partial charge in [0.2, 0.25) is 0 Å². The molecule has 0 aromatic carbocycles. The fourth-order valence-corrected chi connectivity index (χ4v) is 1.77. The Morgan fingerprint density at radius 1 is 1.06 bits per heavy atom. The molecule has 0 N–H and O–H groups in total. The van der Waals surface area contributed by atoms with E-state index in [1.807, 2.05) is 20.8 Å². The number of ketones is 1. The smallest absolute Gasteiger partial charge is 0.158 e. The molecular formula is C14H28O3. The van der Waals surface area contributed by atoms with Crippen LogP contribution in [-0.2, 0) is 14.3 Å². The number of hydrogen-bond acceptors (Lipinski definition) is 3. The number of unbranched alkanes of at least 4 members (excludes halogenated alkanes) is 2. The number of hydrogen-bond donors (Lipinski definition) is 0. The van der Waals surface area contributed by atoms with Gasteiger partial charge in [0.05, 0.1) is 0 Å². The fraction of sp³-hybridized carbons (Fsp3) is 0.929. The minimum atomic E-state index is -0.227. The molecule has 1 unspecified atom stereocenters. The third-order valence-electron chi connectivity index (χ3n) is 2.83. The van der Waals surface area contributed by atoms with Crippen molar-refractivity contribution < 1.29 is 14.3 Å². The van der Waals surface area contributed by atoms with Crippen LogP contribution < -0.4 is 0 Å². The Morgan fingerprint density at radius 2 is 1.65 bits per heavy atom. The summed E-state index contributed by atoms with van der Waals surface area (Å²) in [4.78, 5) is 11.9. The van der Waals surface area contributed by atoms with Gasteiger partial charge in [0.1, 0.15) is 5.78 Å². The molecule has 0 bridgehead atoms. The third-order valence-corrected chi connectivity index (χ3v) is 2.83. The van der Waals surface area contributed by atoms with Crippen molar-refractivity contribution in [1.29, 1.82) is 0 Å². The molecule has 17 heavy (non-hydrogen) atoms. The van der Waals surface area contributed by atoms with Gasteiger partial charge in [-0.15, -0.1) is 0 Å². The highest BCUT2D eigenvalue weighted by molar-refractivity contribution is 5.80. The van der Waals surface area contributed by atoms with Crippen LogP contribution in [0.5, 0.6) is 0 Å². The van der Waals surface area contributed by atoms with Gasteiger partial charge in [0, 0.05) is 32.0 Å². The van der Waals surface area contributed by atoms with Gasteiger partial charge < -0.3 is 9.47 Å². The molecule has 0 saturated heterocycles. The molecule has 0 heterocycles. The molecule has 0 fully saturated rings. The van der Waals surface area contributed by atoms with E-state index in [-0.39, 0.29) is 12.2 Å². The summed E-state index contributed by atoms with van der Waals surface area (Å²) in [5.41, 5.74) is 0. The predicted octanol–water partition coefficient (Wildman–Crippen LogP) is 3.56. The highest BCUT2D eigenvalue weighted by Crippen LogP contribution is 2.15. The van der Waals surface area contributed by atoms with Crippen molar-refractivity contribution in [2.24, 2.45) is 5.92 Å². The number of carbonyl (C=O) groups excluding carboxylic acids is 1. The van der Waals surface area contributed by atoms with Gasteiger partial charge >= 0.3 is 0 Å². The lowest BCUT2D eigenvalue weighted by molar-refractivity contribution is -0.151. The average molecular weight is 244 g/mol. The minimum Gasteiger partial charge on any atom is -0.353 e. The lowest BCUT2D eigenvalue weighted by Crippen LogP contribution is -2.24. The van der Waals surface area contributed by atoms with Gasteiger partial charge in [-0.1, -0.05) is 26.7 Å². The Morgan fingerprint density at radius 3 is 2.12 bits per heavy atom. The van der Waals surface area contributed by atoms with Crippen LogP contribution >= 0.6 is 0 Å². The van der Waals surface area contributed by atoms with Gasteiger partial charge in [-0.3, -0.25) is 4.79 Å². The molecule has 0 aliphatic heterocycles. The van der Waals surface area contributed by atoms with Crippen molar-refractivity contribution in [2.75, 3.05) is 13.2 Å². The molecule has 0 aromatic heterocycles. The minimum absolute atomic E-state index is 0.0370. The van der Waals surface area contributed by atoms with Crippen molar-refractivity contribution >= 4 is 5.78 Å². The summed E-state index contributed by atoms with van der Waals surface area (Å²) < 4.78 is 10.9. The second-order valence-corrected chi connectivity index (χ2v) is 4.40. The number of carbonyl (C=O) groups is 1. The van der Waals surface area contributed by atoms with E-state index < -0.39 is 0 Å². The van der Waals surface area contributed by atoms with E-state index in [2.05, 4.69) is 6.92 Å². The van der Waals surface area contributed by atoms with Crippen molar-refractivity contribution in [1.82, 2.24) is 0 Å². The zero-order valence-electron chi connectivity index (χ0n) is 11.8. The Kier molecular flexibility index (Phi) is 10.5. The first kappa shape index (κ1) is 16.6. The van der Waals surface area contributed by atoms with Gasteiger partial charge in [-0.05, 0) is 20.3 Å². The third kappa shape index (κ3) is 8.33. The van der Waals surface area contributed by atoms with Crippen LogP contribution in [0.25, 0.3) is 0 Å². The topological polar surface area (TPSA) is 35.5 Å². The van der Waals surface area contributed by atoms with E-state index in [4.69, 9.17) is 9.47 Å². The Hall–Kier alpha value is -0.410. The zero-order valence-corrected chi connectivity index (χ0v) is 11.8. The Balaban J connectivity index is 3.92. The predicted molar refractivity (Wildman–Crippen MR) is 70.0 cm³/mol. The molecule has 3 heteroatoms. The first-order valence-electron chi connectivity index (χ1n) is 6.91. The van der Waals surface area contributed by atoms with Crippen LogP contribution in [0.3, 0.4) is 0 Å². The molecule has 3 nitrogen and oxygen atoms in total. The lowest BCUT2D eigenvalue weighted by Gasteiger charge is -2.20. The maximum Gasteiger partial charge on any atom is 0.158 e. The Labute approximate surface area is 106 Å². The highest BCUT2D eigenvalue weighted by atomic mass is 16.7. The highest BCUT2D eigenvalue weighted by Gasteiger charge is 2.18. The van der Waals surface area contributed by atoms with Crippen LogP contribution in [0.2, 0.25) is 0 Å². The van der Waals surface area contributed by atoms with E-state index in [0.29, 0.717) is 31.8 Å². The van der Waals surface area contributed by atoms with Gasteiger partial charge in [-0.25, -0.2) is 0 Å². The van der Waals surface area contributed by atoms with Crippen LogP contribution in [0.15, 0.2) is 0 Å². The van der Waals surface area contributed by atoms with Crippen LogP contribution in [-0.4, -0.2) is 25.3 Å². The number of ether oxygens (including phenoxy) is 2. The molecule has 1 atom stereocenters. The average Bonchev–Trinajstić information content (AvgIpc) is 2.29. The summed E-state index contributed by atoms with van der Waals surface area (Å²) in [6.45, 7) is 9.26. The normalized spacial score (nSPS) is 13.0. The molecule has 0 aromatic rings. The fourth-order valence-electron chi connectivity index (χ4n) is 1.77. The molecule has 0 saturated carbocycles. The maximum atomic E-state index is 11.9. The summed E-state index contributed by atoms with van der Waals surface area (Å²) in [6, 6.07) is 0. The molecule has 0 aliphatic rings. The SMILES string of the molecule is CCCCCC(=O)C(C)CC(OCC)OCC. The van der Waals surface area contributed by atoms with Crippen molar-refractivity contribution in [2.45, 2.75) is 66.1 Å². The molecule has 0 rings (SSSR count). The summed E-state index contributed by atoms with van der Waals surface area (Å²) in [5.74, 6) is 0.373. The monoisotopic (exact) mass is 244 g/mol. The Bertz CT molecular complexity index is 186. The zero-order chi connectivity index (χ0) is 13.1. The van der Waals surface area contributed by atoms with Gasteiger partial charge in [-0.2, -0.15) is 0 Å². The molecule has 0 amide bonds. The van der Waals surface area contributed by atoms with E-state index in [1.54, 1.807) is 0 Å². The number of rotatable bonds is 11. The largest absolute Gasteiger partial charge is 0.353 e. The molecular weight excluding hydrogens is 216 g/mol. The summed E-state index contributed by atoms with van der Waals surface area (Å²) in [7, 11) is 0. The molecule has 0 aliphatic carbocycles.